The summed E-state index contributed by atoms with van der Waals surface area (Å²) >= 11 is 0. The number of hydrogen-bond donors (Lipinski definition) is 3. The van der Waals surface area contributed by atoms with E-state index >= 15 is 0 Å². The monoisotopic (exact) mass is 293 g/mol. The lowest BCUT2D eigenvalue weighted by atomic mass is 10.2. The van der Waals surface area contributed by atoms with E-state index in [2.05, 4.69) is 10.6 Å². The van der Waals surface area contributed by atoms with Gasteiger partial charge in [0.05, 0.1) is 12.8 Å². The second-order valence-corrected chi connectivity index (χ2v) is 4.14. The summed E-state index contributed by atoms with van der Waals surface area (Å²) in [6.45, 7) is 0. The number of carbonyl (C=O) groups excluding carboxylic acids is 1. The Hall–Kier alpha value is -2.83. The van der Waals surface area contributed by atoms with Gasteiger partial charge in [-0.2, -0.15) is 0 Å². The fourth-order valence-corrected chi connectivity index (χ4v) is 1.67. The molecule has 4 N–H and O–H groups in total. The van der Waals surface area contributed by atoms with Gasteiger partial charge in [-0.05, 0) is 24.3 Å². The maximum absolute atomic E-state index is 13.6. The van der Waals surface area contributed by atoms with Gasteiger partial charge in [-0.3, -0.25) is 0 Å². The smallest absolute Gasteiger partial charge is 0.323 e. The molecule has 7 heteroatoms. The third-order valence-corrected chi connectivity index (χ3v) is 2.69. The van der Waals surface area contributed by atoms with Crippen LogP contribution in [0.3, 0.4) is 0 Å². The van der Waals surface area contributed by atoms with Crippen LogP contribution in [0.5, 0.6) is 5.75 Å². The van der Waals surface area contributed by atoms with Gasteiger partial charge in [0, 0.05) is 11.8 Å². The number of nitrogen functional groups attached to an aromatic ring is 1. The second-order valence-electron chi connectivity index (χ2n) is 4.14. The molecule has 2 aromatic carbocycles. The fraction of sp³-hybridized carbons (Fsp3) is 0.0714. The Morgan fingerprint density at radius 1 is 1.19 bits per heavy atom. The van der Waals surface area contributed by atoms with Gasteiger partial charge >= 0.3 is 6.03 Å². The number of nitrogens with one attached hydrogen (secondary N) is 2. The molecule has 0 aliphatic carbocycles. The Kier molecular flexibility index (Phi) is 4.22. The molecule has 0 fully saturated rings. The molecule has 0 bridgehead atoms. The average molecular weight is 293 g/mol. The topological polar surface area (TPSA) is 76.4 Å². The molecule has 0 aromatic heterocycles. The van der Waals surface area contributed by atoms with Crippen LogP contribution in [0.25, 0.3) is 0 Å². The Labute approximate surface area is 119 Å². The number of methoxy groups -OCH3 is 1. The van der Waals surface area contributed by atoms with E-state index in [-0.39, 0.29) is 5.69 Å². The molecule has 0 saturated carbocycles. The van der Waals surface area contributed by atoms with Crippen molar-refractivity contribution in [2.45, 2.75) is 0 Å². The lowest BCUT2D eigenvalue weighted by Crippen LogP contribution is -2.21. The maximum Gasteiger partial charge on any atom is 0.323 e. The van der Waals surface area contributed by atoms with Crippen molar-refractivity contribution in [2.24, 2.45) is 0 Å². The van der Waals surface area contributed by atoms with E-state index in [1.54, 1.807) is 24.3 Å². The van der Waals surface area contributed by atoms with Crippen molar-refractivity contribution in [3.63, 3.8) is 0 Å². The van der Waals surface area contributed by atoms with Gasteiger partial charge in [-0.25, -0.2) is 13.6 Å². The van der Waals surface area contributed by atoms with Crippen molar-refractivity contribution in [3.05, 3.63) is 48.0 Å². The Morgan fingerprint density at radius 3 is 2.67 bits per heavy atom. The zero-order valence-electron chi connectivity index (χ0n) is 11.1. The number of ether oxygens (including phenoxy) is 1. The van der Waals surface area contributed by atoms with Crippen LogP contribution in [0.1, 0.15) is 0 Å². The third-order valence-electron chi connectivity index (χ3n) is 2.69. The number of carbonyl (C=O) groups is 1. The fourth-order valence-electron chi connectivity index (χ4n) is 1.67. The van der Waals surface area contributed by atoms with E-state index in [0.29, 0.717) is 11.4 Å². The summed E-state index contributed by atoms with van der Waals surface area (Å²) in [5.41, 5.74) is 5.46. The van der Waals surface area contributed by atoms with Crippen molar-refractivity contribution in [2.75, 3.05) is 23.5 Å². The average Bonchev–Trinajstić information content (AvgIpc) is 2.48. The summed E-state index contributed by atoms with van der Waals surface area (Å²) in [6.07, 6.45) is 0. The second kappa shape index (κ2) is 6.08. The molecule has 0 aliphatic heterocycles. The normalized spacial score (nSPS) is 10.0. The summed E-state index contributed by atoms with van der Waals surface area (Å²) in [5.74, 6) is -1.76. The van der Waals surface area contributed by atoms with Gasteiger partial charge in [-0.15, -0.1) is 0 Å². The lowest BCUT2D eigenvalue weighted by molar-refractivity contribution is 0.262. The van der Waals surface area contributed by atoms with Crippen molar-refractivity contribution in [1.29, 1.82) is 0 Å². The molecule has 5 nitrogen and oxygen atoms in total. The molecule has 0 aliphatic rings. The number of hydrogen-bond acceptors (Lipinski definition) is 3. The molecule has 0 radical (unpaired) electrons. The predicted molar refractivity (Wildman–Crippen MR) is 76.4 cm³/mol. The van der Waals surface area contributed by atoms with Crippen LogP contribution in [0.2, 0.25) is 0 Å². The summed E-state index contributed by atoms with van der Waals surface area (Å²) in [4.78, 5) is 11.8. The highest BCUT2D eigenvalue weighted by molar-refractivity contribution is 6.01. The lowest BCUT2D eigenvalue weighted by Gasteiger charge is -2.11. The number of rotatable bonds is 3. The number of urea groups is 1. The summed E-state index contributed by atoms with van der Waals surface area (Å²) in [6, 6.07) is 7.87. The first kappa shape index (κ1) is 14.6. The molecule has 2 amide bonds. The molecule has 21 heavy (non-hydrogen) atoms. The zero-order chi connectivity index (χ0) is 15.4. The van der Waals surface area contributed by atoms with Crippen LogP contribution in [0.4, 0.5) is 30.6 Å². The van der Waals surface area contributed by atoms with E-state index in [4.69, 9.17) is 10.5 Å². The maximum atomic E-state index is 13.6. The minimum Gasteiger partial charge on any atom is -0.497 e. The minimum absolute atomic E-state index is 0.0744. The first-order chi connectivity index (χ1) is 10.0. The molecular formula is C14H13F2N3O2. The van der Waals surface area contributed by atoms with Gasteiger partial charge in [0.1, 0.15) is 11.4 Å². The minimum atomic E-state index is -1.21. The molecule has 0 atom stereocenters. The molecule has 110 valence electrons. The number of benzene rings is 2. The Balaban J connectivity index is 2.13. The highest BCUT2D eigenvalue weighted by Gasteiger charge is 2.14. The van der Waals surface area contributed by atoms with Gasteiger partial charge < -0.3 is 21.1 Å². The standard InChI is InChI=1S/C14H13F2N3O2/c1-21-9-4-2-3-8(7-9)18-14(20)19-13-11(17)6-5-10(15)12(13)16/h2-7H,17H2,1H3,(H2,18,19,20). The molecule has 0 unspecified atom stereocenters. The number of amides is 2. The highest BCUT2D eigenvalue weighted by Crippen LogP contribution is 2.25. The number of halogens is 2. The van der Waals surface area contributed by atoms with Crippen LogP contribution >= 0.6 is 0 Å². The zero-order valence-corrected chi connectivity index (χ0v) is 11.1. The predicted octanol–water partition coefficient (Wildman–Crippen LogP) is 3.20. The van der Waals surface area contributed by atoms with E-state index in [1.165, 1.54) is 13.2 Å². The first-order valence-electron chi connectivity index (χ1n) is 5.97. The number of anilines is 3. The SMILES string of the molecule is COc1cccc(NC(=O)Nc2c(N)ccc(F)c2F)c1. The van der Waals surface area contributed by atoms with E-state index in [0.717, 1.165) is 6.07 Å². The van der Waals surface area contributed by atoms with Gasteiger partial charge in [0.15, 0.2) is 11.6 Å². The summed E-state index contributed by atoms with van der Waals surface area (Å²) in [7, 11) is 1.49. The third kappa shape index (κ3) is 3.38. The molecule has 2 rings (SSSR count). The van der Waals surface area contributed by atoms with Crippen molar-refractivity contribution in [3.8, 4) is 5.75 Å². The van der Waals surface area contributed by atoms with Crippen molar-refractivity contribution < 1.29 is 18.3 Å². The Morgan fingerprint density at radius 2 is 1.95 bits per heavy atom. The molecule has 0 spiro atoms. The van der Waals surface area contributed by atoms with Crippen LogP contribution in [0, 0.1) is 11.6 Å². The van der Waals surface area contributed by atoms with Crippen molar-refractivity contribution in [1.82, 2.24) is 0 Å². The quantitative estimate of drug-likeness (QED) is 0.761. The van der Waals surface area contributed by atoms with E-state index < -0.39 is 23.4 Å². The molecular weight excluding hydrogens is 280 g/mol. The Bertz CT molecular complexity index is 677. The summed E-state index contributed by atoms with van der Waals surface area (Å²) in [5, 5.41) is 4.64. The van der Waals surface area contributed by atoms with Gasteiger partial charge in [-0.1, -0.05) is 6.07 Å². The molecule has 2 aromatic rings. The van der Waals surface area contributed by atoms with Gasteiger partial charge in [0.2, 0.25) is 0 Å². The van der Waals surface area contributed by atoms with Crippen LogP contribution < -0.4 is 21.1 Å². The van der Waals surface area contributed by atoms with E-state index in [9.17, 15) is 13.6 Å². The van der Waals surface area contributed by atoms with Crippen LogP contribution in [-0.4, -0.2) is 13.1 Å². The van der Waals surface area contributed by atoms with Crippen LogP contribution in [-0.2, 0) is 0 Å². The first-order valence-corrected chi connectivity index (χ1v) is 5.97. The van der Waals surface area contributed by atoms with Crippen LogP contribution in [0.15, 0.2) is 36.4 Å². The van der Waals surface area contributed by atoms with Crippen molar-refractivity contribution >= 4 is 23.1 Å². The highest BCUT2D eigenvalue weighted by atomic mass is 19.2. The largest absolute Gasteiger partial charge is 0.497 e. The molecule has 0 saturated heterocycles. The van der Waals surface area contributed by atoms with E-state index in [1.807, 2.05) is 0 Å². The number of nitrogens with two attached hydrogens (primary N) is 1. The van der Waals surface area contributed by atoms with Gasteiger partial charge in [0.25, 0.3) is 0 Å². The molecule has 0 heterocycles. The summed E-state index contributed by atoms with van der Waals surface area (Å²) < 4.78 is 31.7.